The molecule has 42 heavy (non-hydrogen) atoms. The highest BCUT2D eigenvalue weighted by atomic mass is 79.9. The van der Waals surface area contributed by atoms with Crippen molar-refractivity contribution in [1.82, 2.24) is 29.3 Å². The van der Waals surface area contributed by atoms with Crippen molar-refractivity contribution in [2.45, 2.75) is 64.6 Å². The number of aromatic nitrogens is 6. The number of alkyl halides is 2. The number of ether oxygens (including phenoxy) is 2. The first kappa shape index (κ1) is 28.9. The second kappa shape index (κ2) is 11.1. The molecule has 3 aromatic heterocycles. The van der Waals surface area contributed by atoms with Crippen molar-refractivity contribution in [1.29, 1.82) is 0 Å². The van der Waals surface area contributed by atoms with E-state index in [9.17, 15) is 8.78 Å². The van der Waals surface area contributed by atoms with Crippen LogP contribution in [0, 0.1) is 12.8 Å². The summed E-state index contributed by atoms with van der Waals surface area (Å²) in [6, 6.07) is 10.7. The van der Waals surface area contributed by atoms with Crippen molar-refractivity contribution in [2.24, 2.45) is 5.92 Å². The summed E-state index contributed by atoms with van der Waals surface area (Å²) < 4.78 is 43.1. The van der Waals surface area contributed by atoms with Crippen LogP contribution in [0.2, 0.25) is 25.7 Å². The monoisotopic (exact) mass is 654 g/mol. The average Bonchev–Trinajstić information content (AvgIpc) is 3.50. The summed E-state index contributed by atoms with van der Waals surface area (Å²) >= 11 is 3.67. The third kappa shape index (κ3) is 6.25. The van der Waals surface area contributed by atoms with E-state index in [4.69, 9.17) is 19.4 Å². The van der Waals surface area contributed by atoms with Crippen LogP contribution in [0.25, 0.3) is 33.3 Å². The smallest absolute Gasteiger partial charge is 0.248 e. The molecule has 2 aromatic carbocycles. The predicted molar refractivity (Wildman–Crippen MR) is 165 cm³/mol. The normalized spacial score (nSPS) is 15.4. The van der Waals surface area contributed by atoms with Gasteiger partial charge in [-0.05, 0) is 59.1 Å². The Balaban J connectivity index is 1.18. The number of hydrogen-bond acceptors (Lipinski definition) is 6. The van der Waals surface area contributed by atoms with Crippen molar-refractivity contribution >= 4 is 46.1 Å². The van der Waals surface area contributed by atoms with E-state index in [0.29, 0.717) is 46.0 Å². The SMILES string of the molecule is Cc1nc2cc(Oc3ccc4ncc(-c5cnn(CC6CC(F)(F)C6)c5)nc4c3Br)ccc2n1COCC[Si](C)(C)C. The molecule has 8 nitrogen and oxygen atoms in total. The van der Waals surface area contributed by atoms with Crippen molar-refractivity contribution in [3.63, 3.8) is 0 Å². The first-order valence-electron chi connectivity index (χ1n) is 14.0. The Hall–Kier alpha value is -3.22. The molecule has 1 aliphatic rings. The summed E-state index contributed by atoms with van der Waals surface area (Å²) in [5.41, 5.74) is 4.59. The lowest BCUT2D eigenvalue weighted by atomic mass is 9.81. The minimum atomic E-state index is -2.54. The Morgan fingerprint density at radius 2 is 1.88 bits per heavy atom. The zero-order valence-electron chi connectivity index (χ0n) is 24.1. The fourth-order valence-corrected chi connectivity index (χ4v) is 6.40. The highest BCUT2D eigenvalue weighted by Gasteiger charge is 2.45. The Bertz CT molecular complexity index is 1760. The molecule has 1 fully saturated rings. The molecule has 6 rings (SSSR count). The van der Waals surface area contributed by atoms with E-state index in [1.165, 1.54) is 0 Å². The average molecular weight is 656 g/mol. The Labute approximate surface area is 252 Å². The van der Waals surface area contributed by atoms with E-state index < -0.39 is 14.0 Å². The van der Waals surface area contributed by atoms with Gasteiger partial charge in [0, 0.05) is 51.9 Å². The van der Waals surface area contributed by atoms with Crippen molar-refractivity contribution in [3.8, 4) is 22.8 Å². The lowest BCUT2D eigenvalue weighted by Gasteiger charge is -2.34. The summed E-state index contributed by atoms with van der Waals surface area (Å²) in [4.78, 5) is 14.1. The molecule has 5 aromatic rings. The number of fused-ring (bicyclic) bond motifs is 2. The van der Waals surface area contributed by atoms with Gasteiger partial charge in [0.2, 0.25) is 5.92 Å². The highest BCUT2D eigenvalue weighted by molar-refractivity contribution is 9.10. The summed E-state index contributed by atoms with van der Waals surface area (Å²) in [6.07, 6.45) is 5.03. The van der Waals surface area contributed by atoms with E-state index in [1.807, 2.05) is 43.5 Å². The van der Waals surface area contributed by atoms with Crippen LogP contribution in [0.1, 0.15) is 18.7 Å². The summed E-state index contributed by atoms with van der Waals surface area (Å²) in [5.74, 6) is -0.461. The lowest BCUT2D eigenvalue weighted by molar-refractivity contribution is -0.114. The number of rotatable bonds is 10. The van der Waals surface area contributed by atoms with Gasteiger partial charge in [-0.2, -0.15) is 5.10 Å². The largest absolute Gasteiger partial charge is 0.456 e. The molecule has 1 aliphatic carbocycles. The van der Waals surface area contributed by atoms with Crippen LogP contribution in [-0.2, 0) is 18.0 Å². The first-order chi connectivity index (χ1) is 19.9. The highest BCUT2D eigenvalue weighted by Crippen LogP contribution is 2.43. The van der Waals surface area contributed by atoms with Crippen LogP contribution >= 0.6 is 15.9 Å². The van der Waals surface area contributed by atoms with E-state index in [2.05, 4.69) is 50.2 Å². The van der Waals surface area contributed by atoms with Gasteiger partial charge in [-0.1, -0.05) is 19.6 Å². The van der Waals surface area contributed by atoms with Crippen LogP contribution < -0.4 is 4.74 Å². The van der Waals surface area contributed by atoms with Gasteiger partial charge >= 0.3 is 0 Å². The minimum absolute atomic E-state index is 0.0608. The zero-order valence-corrected chi connectivity index (χ0v) is 26.7. The first-order valence-corrected chi connectivity index (χ1v) is 18.5. The number of imidazole rings is 1. The number of hydrogen-bond donors (Lipinski definition) is 0. The minimum Gasteiger partial charge on any atom is -0.456 e. The van der Waals surface area contributed by atoms with Crippen LogP contribution in [0.3, 0.4) is 0 Å². The summed E-state index contributed by atoms with van der Waals surface area (Å²) in [6.45, 7) is 10.7. The Morgan fingerprint density at radius 1 is 1.07 bits per heavy atom. The molecule has 220 valence electrons. The van der Waals surface area contributed by atoms with Crippen LogP contribution in [-0.4, -0.2) is 49.9 Å². The molecule has 0 spiro atoms. The quantitative estimate of drug-likeness (QED) is 0.112. The molecule has 0 amide bonds. The molecule has 1 saturated carbocycles. The summed E-state index contributed by atoms with van der Waals surface area (Å²) in [5, 5.41) is 4.35. The topological polar surface area (TPSA) is 79.9 Å². The van der Waals surface area contributed by atoms with E-state index in [1.54, 1.807) is 17.1 Å². The maximum absolute atomic E-state index is 13.2. The second-order valence-corrected chi connectivity index (χ2v) is 18.7. The zero-order chi connectivity index (χ0) is 29.6. The molecule has 0 aliphatic heterocycles. The summed E-state index contributed by atoms with van der Waals surface area (Å²) in [7, 11) is -1.15. The molecular formula is C30H33BrF2N6O2Si. The third-order valence-electron chi connectivity index (χ3n) is 7.52. The van der Waals surface area contributed by atoms with E-state index in [0.717, 1.165) is 35.1 Å². The third-order valence-corrected chi connectivity index (χ3v) is 9.99. The van der Waals surface area contributed by atoms with Crippen molar-refractivity contribution in [3.05, 3.63) is 59.2 Å². The van der Waals surface area contributed by atoms with Gasteiger partial charge in [-0.25, -0.2) is 18.7 Å². The predicted octanol–water partition coefficient (Wildman–Crippen LogP) is 8.06. The van der Waals surface area contributed by atoms with Gasteiger partial charge in [-0.15, -0.1) is 0 Å². The molecule has 0 saturated heterocycles. The van der Waals surface area contributed by atoms with Gasteiger partial charge < -0.3 is 14.0 Å². The lowest BCUT2D eigenvalue weighted by Crippen LogP contribution is -2.37. The fraction of sp³-hybridized carbons (Fsp3) is 0.400. The van der Waals surface area contributed by atoms with Crippen molar-refractivity contribution < 1.29 is 18.3 Å². The van der Waals surface area contributed by atoms with E-state index >= 15 is 0 Å². The molecule has 0 bridgehead atoms. The molecule has 0 radical (unpaired) electrons. The Morgan fingerprint density at radius 3 is 2.64 bits per heavy atom. The number of benzene rings is 2. The molecule has 0 N–H and O–H groups in total. The number of aryl methyl sites for hydroxylation is 1. The van der Waals surface area contributed by atoms with Crippen LogP contribution in [0.5, 0.6) is 11.5 Å². The van der Waals surface area contributed by atoms with Gasteiger partial charge in [-0.3, -0.25) is 9.67 Å². The molecule has 12 heteroatoms. The molecular weight excluding hydrogens is 622 g/mol. The Kier molecular flexibility index (Phi) is 7.65. The maximum atomic E-state index is 13.2. The van der Waals surface area contributed by atoms with Gasteiger partial charge in [0.05, 0.1) is 39.1 Å². The van der Waals surface area contributed by atoms with Gasteiger partial charge in [0.1, 0.15) is 29.6 Å². The van der Waals surface area contributed by atoms with Crippen molar-refractivity contribution in [2.75, 3.05) is 6.61 Å². The van der Waals surface area contributed by atoms with Gasteiger partial charge in [0.15, 0.2) is 0 Å². The van der Waals surface area contributed by atoms with Crippen LogP contribution in [0.15, 0.2) is 53.4 Å². The maximum Gasteiger partial charge on any atom is 0.248 e. The second-order valence-electron chi connectivity index (χ2n) is 12.3. The van der Waals surface area contributed by atoms with Crippen LogP contribution in [0.4, 0.5) is 8.78 Å². The molecule has 0 unspecified atom stereocenters. The fourth-order valence-electron chi connectivity index (χ4n) is 5.14. The number of halogens is 3. The van der Waals surface area contributed by atoms with Gasteiger partial charge in [0.25, 0.3) is 0 Å². The molecule has 3 heterocycles. The number of nitrogens with zero attached hydrogens (tertiary/aromatic N) is 6. The van der Waals surface area contributed by atoms with E-state index in [-0.39, 0.29) is 18.8 Å². The standard InChI is InChI=1S/C30H33BrF2N6O2Si/c1-19-36-24-11-22(5-7-26(24)39(19)18-40-9-10-42(2,3)4)41-27-8-6-23-29(28(27)31)37-25(15-34-23)21-14-35-38(17-21)16-20-12-30(32,33)13-20/h5-8,11,14-15,17,20H,9-10,12-13,16,18H2,1-4H3. The molecule has 0 atom stereocenters.